The highest BCUT2D eigenvalue weighted by Gasteiger charge is 2.16. The van der Waals surface area contributed by atoms with Crippen LogP contribution >= 0.6 is 0 Å². The van der Waals surface area contributed by atoms with Crippen molar-refractivity contribution in [1.82, 2.24) is 10.2 Å². The van der Waals surface area contributed by atoms with E-state index >= 15 is 0 Å². The first-order chi connectivity index (χ1) is 8.27. The van der Waals surface area contributed by atoms with Gasteiger partial charge >= 0.3 is 0 Å². The molecule has 102 valence electrons. The number of ether oxygens (including phenoxy) is 1. The molecule has 3 heteroatoms. The molecule has 0 aromatic carbocycles. The van der Waals surface area contributed by atoms with Crippen LogP contribution < -0.4 is 5.32 Å². The van der Waals surface area contributed by atoms with Crippen molar-refractivity contribution in [2.24, 2.45) is 5.92 Å². The molecule has 0 aliphatic carbocycles. The van der Waals surface area contributed by atoms with Crippen molar-refractivity contribution in [3.05, 3.63) is 0 Å². The van der Waals surface area contributed by atoms with Gasteiger partial charge in [0, 0.05) is 19.7 Å². The maximum atomic E-state index is 5.20. The Hall–Kier alpha value is -0.120. The minimum Gasteiger partial charge on any atom is -0.383 e. The fourth-order valence-corrected chi connectivity index (χ4v) is 2.56. The Morgan fingerprint density at radius 3 is 2.82 bits per heavy atom. The van der Waals surface area contributed by atoms with Crippen LogP contribution in [0.2, 0.25) is 0 Å². The average Bonchev–Trinajstić information content (AvgIpc) is 2.85. The lowest BCUT2D eigenvalue weighted by Gasteiger charge is -2.28. The van der Waals surface area contributed by atoms with E-state index in [0.717, 1.165) is 19.1 Å². The van der Waals surface area contributed by atoms with Gasteiger partial charge in [0.15, 0.2) is 0 Å². The highest BCUT2D eigenvalue weighted by Crippen LogP contribution is 2.15. The molecule has 0 saturated carbocycles. The Kier molecular flexibility index (Phi) is 7.82. The van der Waals surface area contributed by atoms with Crippen LogP contribution in [0.25, 0.3) is 0 Å². The molecular weight excluding hydrogens is 212 g/mol. The Morgan fingerprint density at radius 1 is 1.41 bits per heavy atom. The van der Waals surface area contributed by atoms with Gasteiger partial charge < -0.3 is 10.1 Å². The highest BCUT2D eigenvalue weighted by molar-refractivity contribution is 4.72. The molecule has 0 bridgehead atoms. The Balaban J connectivity index is 2.17. The largest absolute Gasteiger partial charge is 0.383 e. The molecule has 1 heterocycles. The summed E-state index contributed by atoms with van der Waals surface area (Å²) in [5, 5.41) is 3.45. The number of methoxy groups -OCH3 is 1. The summed E-state index contributed by atoms with van der Waals surface area (Å²) in [4.78, 5) is 2.58. The topological polar surface area (TPSA) is 24.5 Å². The third kappa shape index (κ3) is 5.84. The Morgan fingerprint density at radius 2 is 2.24 bits per heavy atom. The second kappa shape index (κ2) is 8.90. The van der Waals surface area contributed by atoms with Gasteiger partial charge in [0.1, 0.15) is 0 Å². The van der Waals surface area contributed by atoms with Gasteiger partial charge in [-0.05, 0) is 58.2 Å². The lowest BCUT2D eigenvalue weighted by molar-refractivity contribution is 0.120. The van der Waals surface area contributed by atoms with Crippen molar-refractivity contribution in [3.63, 3.8) is 0 Å². The SMILES string of the molecule is CCC(C)N(CCCC1CCNC1)CCOC. The van der Waals surface area contributed by atoms with Crippen molar-refractivity contribution in [2.75, 3.05) is 39.9 Å². The Labute approximate surface area is 107 Å². The molecule has 2 atom stereocenters. The summed E-state index contributed by atoms with van der Waals surface area (Å²) >= 11 is 0. The quantitative estimate of drug-likeness (QED) is 0.670. The summed E-state index contributed by atoms with van der Waals surface area (Å²) < 4.78 is 5.20. The number of nitrogens with one attached hydrogen (secondary N) is 1. The summed E-state index contributed by atoms with van der Waals surface area (Å²) in [5.74, 6) is 0.927. The fourth-order valence-electron chi connectivity index (χ4n) is 2.56. The molecule has 2 unspecified atom stereocenters. The zero-order valence-electron chi connectivity index (χ0n) is 11.9. The number of hydrogen-bond acceptors (Lipinski definition) is 3. The molecule has 1 fully saturated rings. The van der Waals surface area contributed by atoms with E-state index in [1.165, 1.54) is 45.3 Å². The molecule has 17 heavy (non-hydrogen) atoms. The molecular formula is C14H30N2O. The smallest absolute Gasteiger partial charge is 0.0589 e. The molecule has 3 nitrogen and oxygen atoms in total. The van der Waals surface area contributed by atoms with Gasteiger partial charge in [-0.25, -0.2) is 0 Å². The van der Waals surface area contributed by atoms with Crippen LogP contribution in [-0.2, 0) is 4.74 Å². The summed E-state index contributed by atoms with van der Waals surface area (Å²) in [6, 6.07) is 0.687. The van der Waals surface area contributed by atoms with E-state index in [1.807, 2.05) is 0 Å². The van der Waals surface area contributed by atoms with Crippen molar-refractivity contribution < 1.29 is 4.74 Å². The first kappa shape index (κ1) is 14.9. The Bertz CT molecular complexity index is 181. The lowest BCUT2D eigenvalue weighted by Crippen LogP contribution is -2.36. The molecule has 0 aromatic heterocycles. The van der Waals surface area contributed by atoms with Crippen molar-refractivity contribution in [1.29, 1.82) is 0 Å². The van der Waals surface area contributed by atoms with E-state index in [4.69, 9.17) is 4.74 Å². The molecule has 1 N–H and O–H groups in total. The van der Waals surface area contributed by atoms with Gasteiger partial charge in [0.2, 0.25) is 0 Å². The molecule has 0 aromatic rings. The van der Waals surface area contributed by atoms with Gasteiger partial charge in [-0.15, -0.1) is 0 Å². The van der Waals surface area contributed by atoms with Crippen LogP contribution in [0.1, 0.15) is 39.5 Å². The zero-order valence-corrected chi connectivity index (χ0v) is 11.9. The normalized spacial score (nSPS) is 22.2. The third-order valence-electron chi connectivity index (χ3n) is 4.02. The highest BCUT2D eigenvalue weighted by atomic mass is 16.5. The zero-order chi connectivity index (χ0) is 12.5. The van der Waals surface area contributed by atoms with Gasteiger partial charge in [-0.3, -0.25) is 4.90 Å². The summed E-state index contributed by atoms with van der Waals surface area (Å²) in [6.45, 7) is 10.2. The van der Waals surface area contributed by atoms with Crippen LogP contribution in [0.3, 0.4) is 0 Å². The van der Waals surface area contributed by atoms with Gasteiger partial charge in [-0.2, -0.15) is 0 Å². The van der Waals surface area contributed by atoms with E-state index in [0.29, 0.717) is 6.04 Å². The minimum atomic E-state index is 0.687. The molecule has 1 rings (SSSR count). The summed E-state index contributed by atoms with van der Waals surface area (Å²) in [6.07, 6.45) is 5.32. The number of rotatable bonds is 9. The fraction of sp³-hybridized carbons (Fsp3) is 1.00. The van der Waals surface area contributed by atoms with E-state index in [-0.39, 0.29) is 0 Å². The lowest BCUT2D eigenvalue weighted by atomic mass is 10.0. The first-order valence-corrected chi connectivity index (χ1v) is 7.21. The average molecular weight is 242 g/mol. The van der Waals surface area contributed by atoms with Crippen LogP contribution in [-0.4, -0.2) is 50.8 Å². The summed E-state index contributed by atoms with van der Waals surface area (Å²) in [5.41, 5.74) is 0. The predicted octanol–water partition coefficient (Wildman–Crippen LogP) is 2.12. The second-order valence-corrected chi connectivity index (χ2v) is 5.29. The van der Waals surface area contributed by atoms with Crippen LogP contribution in [0.4, 0.5) is 0 Å². The molecule has 1 aliphatic rings. The molecule has 0 amide bonds. The maximum Gasteiger partial charge on any atom is 0.0589 e. The van der Waals surface area contributed by atoms with Crippen LogP contribution in [0.15, 0.2) is 0 Å². The molecule has 1 saturated heterocycles. The monoisotopic (exact) mass is 242 g/mol. The molecule has 1 aliphatic heterocycles. The van der Waals surface area contributed by atoms with Gasteiger partial charge in [0.05, 0.1) is 6.61 Å². The van der Waals surface area contributed by atoms with Gasteiger partial charge in [0.25, 0.3) is 0 Å². The van der Waals surface area contributed by atoms with E-state index < -0.39 is 0 Å². The van der Waals surface area contributed by atoms with Crippen molar-refractivity contribution >= 4 is 0 Å². The van der Waals surface area contributed by atoms with Crippen molar-refractivity contribution in [3.8, 4) is 0 Å². The second-order valence-electron chi connectivity index (χ2n) is 5.29. The van der Waals surface area contributed by atoms with Crippen LogP contribution in [0, 0.1) is 5.92 Å². The first-order valence-electron chi connectivity index (χ1n) is 7.21. The minimum absolute atomic E-state index is 0.687. The number of hydrogen-bond donors (Lipinski definition) is 1. The van der Waals surface area contributed by atoms with Gasteiger partial charge in [-0.1, -0.05) is 6.92 Å². The van der Waals surface area contributed by atoms with E-state index in [2.05, 4.69) is 24.1 Å². The van der Waals surface area contributed by atoms with Crippen molar-refractivity contribution in [2.45, 2.75) is 45.6 Å². The van der Waals surface area contributed by atoms with Crippen LogP contribution in [0.5, 0.6) is 0 Å². The molecule has 0 radical (unpaired) electrons. The predicted molar refractivity (Wildman–Crippen MR) is 73.4 cm³/mol. The maximum absolute atomic E-state index is 5.20. The van der Waals surface area contributed by atoms with E-state index in [1.54, 1.807) is 7.11 Å². The summed E-state index contributed by atoms with van der Waals surface area (Å²) in [7, 11) is 1.79. The standard InChI is InChI=1S/C14H30N2O/c1-4-13(2)16(10-11-17-3)9-5-6-14-7-8-15-12-14/h13-15H,4-12H2,1-3H3. The van der Waals surface area contributed by atoms with E-state index in [9.17, 15) is 0 Å². The number of nitrogens with zero attached hydrogens (tertiary/aromatic N) is 1. The molecule has 0 spiro atoms. The third-order valence-corrected chi connectivity index (χ3v) is 4.02.